The number of aromatic nitrogens is 1. The molecular formula is C16H14N2O5S. The van der Waals surface area contributed by atoms with Crippen molar-refractivity contribution >= 4 is 26.9 Å². The van der Waals surface area contributed by atoms with E-state index < -0.39 is 16.0 Å². The van der Waals surface area contributed by atoms with Gasteiger partial charge in [-0.15, -0.1) is 0 Å². The van der Waals surface area contributed by atoms with Crippen molar-refractivity contribution in [3.63, 3.8) is 0 Å². The second-order valence-corrected chi connectivity index (χ2v) is 7.46. The molecule has 7 nitrogen and oxygen atoms in total. The lowest BCUT2D eigenvalue weighted by atomic mass is 10.1. The molecule has 24 heavy (non-hydrogen) atoms. The van der Waals surface area contributed by atoms with Crippen LogP contribution in [0.1, 0.15) is 10.4 Å². The summed E-state index contributed by atoms with van der Waals surface area (Å²) in [6.45, 7) is 0. The van der Waals surface area contributed by atoms with Crippen LogP contribution in [0.3, 0.4) is 0 Å². The Morgan fingerprint density at radius 3 is 2.54 bits per heavy atom. The first-order valence-electron chi connectivity index (χ1n) is 6.95. The van der Waals surface area contributed by atoms with Crippen molar-refractivity contribution < 1.29 is 22.7 Å². The second-order valence-electron chi connectivity index (χ2n) is 5.30. The number of pyridine rings is 1. The minimum Gasteiger partial charge on any atom is -0.478 e. The van der Waals surface area contributed by atoms with E-state index in [1.165, 1.54) is 44.6 Å². The molecule has 124 valence electrons. The first-order valence-corrected chi connectivity index (χ1v) is 8.39. The maximum Gasteiger partial charge on any atom is 0.336 e. The zero-order valence-electron chi connectivity index (χ0n) is 12.9. The first-order chi connectivity index (χ1) is 11.3. The smallest absolute Gasteiger partial charge is 0.336 e. The summed E-state index contributed by atoms with van der Waals surface area (Å²) in [5.74, 6) is -0.737. The van der Waals surface area contributed by atoms with E-state index in [1.54, 1.807) is 12.1 Å². The summed E-state index contributed by atoms with van der Waals surface area (Å²) in [5, 5.41) is 9.74. The average Bonchev–Trinajstić information content (AvgIpc) is 3.07. The Balaban J connectivity index is 2.29. The molecular weight excluding hydrogens is 332 g/mol. The topological polar surface area (TPSA) is 101 Å². The molecule has 0 fully saturated rings. The van der Waals surface area contributed by atoms with Crippen LogP contribution in [-0.4, -0.2) is 42.9 Å². The predicted octanol–water partition coefficient (Wildman–Crippen LogP) is 2.44. The fourth-order valence-corrected chi connectivity index (χ4v) is 3.23. The highest BCUT2D eigenvalue weighted by Gasteiger charge is 2.20. The van der Waals surface area contributed by atoms with Gasteiger partial charge in [-0.05, 0) is 36.4 Å². The van der Waals surface area contributed by atoms with Crippen LogP contribution in [-0.2, 0) is 10.0 Å². The van der Waals surface area contributed by atoms with E-state index in [9.17, 15) is 18.3 Å². The molecule has 0 spiro atoms. The summed E-state index contributed by atoms with van der Waals surface area (Å²) in [6, 6.07) is 8.94. The number of hydrogen-bond donors (Lipinski definition) is 1. The van der Waals surface area contributed by atoms with Crippen molar-refractivity contribution in [3.8, 4) is 11.5 Å². The Hall–Kier alpha value is -2.71. The van der Waals surface area contributed by atoms with E-state index in [0.29, 0.717) is 17.0 Å². The average molecular weight is 346 g/mol. The van der Waals surface area contributed by atoms with Crippen molar-refractivity contribution in [2.75, 3.05) is 14.1 Å². The Bertz CT molecular complexity index is 1020. The van der Waals surface area contributed by atoms with Gasteiger partial charge < -0.3 is 9.52 Å². The molecule has 3 rings (SSSR count). The molecule has 2 heterocycles. The third-order valence-electron chi connectivity index (χ3n) is 3.56. The Morgan fingerprint density at radius 2 is 1.96 bits per heavy atom. The lowest BCUT2D eigenvalue weighted by molar-refractivity contribution is 0.0699. The molecule has 0 aliphatic carbocycles. The number of carboxylic acids is 1. The molecule has 0 unspecified atom stereocenters. The van der Waals surface area contributed by atoms with Gasteiger partial charge in [0, 0.05) is 19.5 Å². The van der Waals surface area contributed by atoms with Crippen LogP contribution in [0.5, 0.6) is 0 Å². The normalized spacial score (nSPS) is 12.0. The number of sulfonamides is 1. The number of aromatic carboxylic acids is 1. The molecule has 0 atom stereocenters. The van der Waals surface area contributed by atoms with E-state index in [2.05, 4.69) is 4.98 Å². The SMILES string of the molecule is CN(C)S(=O)(=O)c1ccc2nc(-c3ccco3)cc(C(=O)O)c2c1. The summed E-state index contributed by atoms with van der Waals surface area (Å²) in [4.78, 5) is 16.0. The number of fused-ring (bicyclic) bond motifs is 1. The molecule has 0 bridgehead atoms. The number of furan rings is 1. The highest BCUT2D eigenvalue weighted by Crippen LogP contribution is 2.27. The minimum atomic E-state index is -3.67. The number of hydrogen-bond acceptors (Lipinski definition) is 5. The van der Waals surface area contributed by atoms with E-state index in [4.69, 9.17) is 4.42 Å². The van der Waals surface area contributed by atoms with Crippen LogP contribution in [0.2, 0.25) is 0 Å². The standard InChI is InChI=1S/C16H14N2O5S/c1-18(2)24(21,22)10-5-6-13-11(8-10)12(16(19)20)9-14(17-13)15-4-3-7-23-15/h3-9H,1-2H3,(H,19,20). The number of carbonyl (C=O) groups is 1. The third kappa shape index (κ3) is 2.66. The van der Waals surface area contributed by atoms with E-state index in [1.807, 2.05) is 0 Å². The van der Waals surface area contributed by atoms with Crippen LogP contribution in [0.15, 0.2) is 52.0 Å². The van der Waals surface area contributed by atoms with Crippen molar-refractivity contribution in [2.24, 2.45) is 0 Å². The van der Waals surface area contributed by atoms with E-state index in [0.717, 1.165) is 4.31 Å². The third-order valence-corrected chi connectivity index (χ3v) is 5.37. The van der Waals surface area contributed by atoms with Crippen molar-refractivity contribution in [1.82, 2.24) is 9.29 Å². The molecule has 1 N–H and O–H groups in total. The van der Waals surface area contributed by atoms with Gasteiger partial charge in [0.1, 0.15) is 5.69 Å². The van der Waals surface area contributed by atoms with Gasteiger partial charge in [0.15, 0.2) is 5.76 Å². The molecule has 0 amide bonds. The molecule has 3 aromatic rings. The quantitative estimate of drug-likeness (QED) is 0.779. The number of rotatable bonds is 4. The van der Waals surface area contributed by atoms with Crippen LogP contribution in [0, 0.1) is 0 Å². The summed E-state index contributed by atoms with van der Waals surface area (Å²) < 4.78 is 30.8. The Morgan fingerprint density at radius 1 is 1.21 bits per heavy atom. The molecule has 0 saturated heterocycles. The van der Waals surface area contributed by atoms with Gasteiger partial charge in [-0.2, -0.15) is 0 Å². The monoisotopic (exact) mass is 346 g/mol. The van der Waals surface area contributed by atoms with E-state index in [-0.39, 0.29) is 15.8 Å². The summed E-state index contributed by atoms with van der Waals surface area (Å²) >= 11 is 0. The van der Waals surface area contributed by atoms with Crippen molar-refractivity contribution in [2.45, 2.75) is 4.90 Å². The lowest BCUT2D eigenvalue weighted by Gasteiger charge is -2.12. The fourth-order valence-electron chi connectivity index (χ4n) is 2.30. The molecule has 0 radical (unpaired) electrons. The summed E-state index contributed by atoms with van der Waals surface area (Å²) in [5.41, 5.74) is 0.703. The molecule has 1 aromatic carbocycles. The molecule has 0 aliphatic rings. The van der Waals surface area contributed by atoms with Crippen molar-refractivity contribution in [1.29, 1.82) is 0 Å². The molecule has 0 saturated carbocycles. The lowest BCUT2D eigenvalue weighted by Crippen LogP contribution is -2.22. The Labute approximate surface area is 138 Å². The fraction of sp³-hybridized carbons (Fsp3) is 0.125. The molecule has 8 heteroatoms. The zero-order chi connectivity index (χ0) is 17.5. The largest absolute Gasteiger partial charge is 0.478 e. The van der Waals surface area contributed by atoms with Gasteiger partial charge in [-0.1, -0.05) is 0 Å². The maximum absolute atomic E-state index is 12.3. The first kappa shape index (κ1) is 16.2. The number of carboxylic acid groups (broad SMARTS) is 1. The van der Waals surface area contributed by atoms with Gasteiger partial charge in [0.25, 0.3) is 0 Å². The second kappa shape index (κ2) is 5.73. The van der Waals surface area contributed by atoms with Gasteiger partial charge in [0.05, 0.1) is 22.2 Å². The van der Waals surface area contributed by atoms with Crippen LogP contribution >= 0.6 is 0 Å². The molecule has 2 aromatic heterocycles. The highest BCUT2D eigenvalue weighted by molar-refractivity contribution is 7.89. The van der Waals surface area contributed by atoms with E-state index >= 15 is 0 Å². The maximum atomic E-state index is 12.3. The predicted molar refractivity (Wildman–Crippen MR) is 87.3 cm³/mol. The number of benzene rings is 1. The van der Waals surface area contributed by atoms with Crippen LogP contribution < -0.4 is 0 Å². The Kier molecular flexibility index (Phi) is 3.86. The highest BCUT2D eigenvalue weighted by atomic mass is 32.2. The molecule has 0 aliphatic heterocycles. The van der Waals surface area contributed by atoms with Crippen LogP contribution in [0.25, 0.3) is 22.4 Å². The number of nitrogens with zero attached hydrogens (tertiary/aromatic N) is 2. The summed E-state index contributed by atoms with van der Waals surface area (Å²) in [7, 11) is -0.845. The zero-order valence-corrected chi connectivity index (χ0v) is 13.7. The van der Waals surface area contributed by atoms with Gasteiger partial charge in [-0.3, -0.25) is 0 Å². The van der Waals surface area contributed by atoms with Gasteiger partial charge in [0.2, 0.25) is 10.0 Å². The van der Waals surface area contributed by atoms with Gasteiger partial charge in [-0.25, -0.2) is 22.5 Å². The van der Waals surface area contributed by atoms with Gasteiger partial charge >= 0.3 is 5.97 Å². The van der Waals surface area contributed by atoms with Crippen LogP contribution in [0.4, 0.5) is 0 Å². The minimum absolute atomic E-state index is 0.00930. The summed E-state index contributed by atoms with van der Waals surface area (Å²) in [6.07, 6.45) is 1.47. The van der Waals surface area contributed by atoms with Crippen molar-refractivity contribution in [3.05, 3.63) is 48.2 Å².